The van der Waals surface area contributed by atoms with E-state index in [4.69, 9.17) is 5.73 Å². The van der Waals surface area contributed by atoms with Gasteiger partial charge in [0, 0.05) is 28.0 Å². The number of hydrogen-bond donors (Lipinski definition) is 1. The second-order valence-corrected chi connectivity index (χ2v) is 8.73. The Bertz CT molecular complexity index is 668. The minimum atomic E-state index is -3.58. The van der Waals surface area contributed by atoms with Gasteiger partial charge in [0.2, 0.25) is 15.9 Å². The SMILES string of the molecule is Cc1cc(Br)c(S(=O)(=O)N2CCC(C(N)=O)CC2)cc1Br. The zero-order valence-electron chi connectivity index (χ0n) is 11.5. The van der Waals surface area contributed by atoms with Gasteiger partial charge in [0.15, 0.2) is 0 Å². The Hall–Kier alpha value is -0.440. The van der Waals surface area contributed by atoms with Gasteiger partial charge in [-0.2, -0.15) is 4.31 Å². The molecular weight excluding hydrogens is 424 g/mol. The number of nitrogens with two attached hydrogens (primary N) is 1. The third kappa shape index (κ3) is 3.49. The molecule has 0 bridgehead atoms. The van der Waals surface area contributed by atoms with Crippen molar-refractivity contribution in [3.63, 3.8) is 0 Å². The van der Waals surface area contributed by atoms with Crippen LogP contribution in [0.25, 0.3) is 0 Å². The first-order valence-electron chi connectivity index (χ1n) is 6.48. The van der Waals surface area contributed by atoms with Gasteiger partial charge >= 0.3 is 0 Å². The van der Waals surface area contributed by atoms with Gasteiger partial charge in [-0.25, -0.2) is 8.42 Å². The fourth-order valence-electron chi connectivity index (χ4n) is 2.35. The Morgan fingerprint density at radius 2 is 1.81 bits per heavy atom. The van der Waals surface area contributed by atoms with E-state index in [1.54, 1.807) is 12.1 Å². The van der Waals surface area contributed by atoms with Crippen molar-refractivity contribution in [3.8, 4) is 0 Å². The zero-order valence-corrected chi connectivity index (χ0v) is 15.5. The smallest absolute Gasteiger partial charge is 0.244 e. The molecule has 0 aromatic heterocycles. The zero-order chi connectivity index (χ0) is 15.8. The Morgan fingerprint density at radius 1 is 1.24 bits per heavy atom. The van der Waals surface area contributed by atoms with Gasteiger partial charge in [0.25, 0.3) is 0 Å². The molecule has 0 aliphatic carbocycles. The minimum absolute atomic E-state index is 0.232. The molecule has 0 atom stereocenters. The van der Waals surface area contributed by atoms with E-state index >= 15 is 0 Å². The van der Waals surface area contributed by atoms with E-state index < -0.39 is 10.0 Å². The third-order valence-electron chi connectivity index (χ3n) is 3.69. The molecule has 1 aromatic rings. The first-order chi connectivity index (χ1) is 9.73. The predicted octanol–water partition coefficient (Wildman–Crippen LogP) is 2.41. The second kappa shape index (κ2) is 6.36. The highest BCUT2D eigenvalue weighted by Crippen LogP contribution is 2.32. The summed E-state index contributed by atoms with van der Waals surface area (Å²) in [7, 11) is -3.58. The quantitative estimate of drug-likeness (QED) is 0.785. The van der Waals surface area contributed by atoms with Crippen LogP contribution in [0.2, 0.25) is 0 Å². The summed E-state index contributed by atoms with van der Waals surface area (Å²) in [5.74, 6) is -0.587. The fourth-order valence-corrected chi connectivity index (χ4v) is 5.45. The van der Waals surface area contributed by atoms with Crippen molar-refractivity contribution in [1.82, 2.24) is 4.31 Å². The molecule has 8 heteroatoms. The predicted molar refractivity (Wildman–Crippen MR) is 87.3 cm³/mol. The summed E-state index contributed by atoms with van der Waals surface area (Å²) < 4.78 is 28.1. The van der Waals surface area contributed by atoms with Crippen LogP contribution < -0.4 is 5.73 Å². The van der Waals surface area contributed by atoms with Crippen molar-refractivity contribution in [2.45, 2.75) is 24.7 Å². The molecule has 0 radical (unpaired) electrons. The number of halogens is 2. The molecule has 116 valence electrons. The lowest BCUT2D eigenvalue weighted by atomic mass is 9.98. The Labute approximate surface area is 141 Å². The minimum Gasteiger partial charge on any atom is -0.369 e. The highest BCUT2D eigenvalue weighted by Gasteiger charge is 2.32. The number of carbonyl (C=O) groups excluding carboxylic acids is 1. The molecule has 1 aromatic carbocycles. The lowest BCUT2D eigenvalue weighted by Crippen LogP contribution is -2.41. The van der Waals surface area contributed by atoms with Crippen LogP contribution in [-0.2, 0) is 14.8 Å². The van der Waals surface area contributed by atoms with Crippen molar-refractivity contribution in [1.29, 1.82) is 0 Å². The van der Waals surface area contributed by atoms with Gasteiger partial charge in [-0.05, 0) is 53.4 Å². The number of benzene rings is 1. The third-order valence-corrected chi connectivity index (χ3v) is 7.40. The summed E-state index contributed by atoms with van der Waals surface area (Å²) in [6.45, 7) is 2.52. The van der Waals surface area contributed by atoms with E-state index in [2.05, 4.69) is 31.9 Å². The number of piperidine rings is 1. The maximum atomic E-state index is 12.7. The van der Waals surface area contributed by atoms with Crippen LogP contribution in [0.5, 0.6) is 0 Å². The number of nitrogens with zero attached hydrogens (tertiary/aromatic N) is 1. The van der Waals surface area contributed by atoms with Crippen molar-refractivity contribution in [2.24, 2.45) is 11.7 Å². The van der Waals surface area contributed by atoms with Crippen molar-refractivity contribution >= 4 is 47.8 Å². The van der Waals surface area contributed by atoms with E-state index in [9.17, 15) is 13.2 Å². The van der Waals surface area contributed by atoms with E-state index in [1.807, 2.05) is 6.92 Å². The van der Waals surface area contributed by atoms with Crippen molar-refractivity contribution in [2.75, 3.05) is 13.1 Å². The number of sulfonamides is 1. The number of primary amides is 1. The average molecular weight is 440 g/mol. The van der Waals surface area contributed by atoms with Gasteiger partial charge in [0.1, 0.15) is 0 Å². The molecule has 5 nitrogen and oxygen atoms in total. The lowest BCUT2D eigenvalue weighted by molar-refractivity contribution is -0.122. The maximum Gasteiger partial charge on any atom is 0.244 e. The summed E-state index contributed by atoms with van der Waals surface area (Å²) in [6.07, 6.45) is 0.943. The van der Waals surface area contributed by atoms with E-state index in [-0.39, 0.29) is 16.7 Å². The summed E-state index contributed by atoms with van der Waals surface area (Å²) in [5, 5.41) is 0. The standard InChI is InChI=1S/C13H16Br2N2O3S/c1-8-6-11(15)12(7-10(8)14)21(19,20)17-4-2-9(3-5-17)13(16)18/h6-7,9H,2-5H2,1H3,(H2,16,18). The topological polar surface area (TPSA) is 80.5 Å². The molecule has 1 saturated heterocycles. The van der Waals surface area contributed by atoms with Crippen LogP contribution in [0.3, 0.4) is 0 Å². The van der Waals surface area contributed by atoms with Gasteiger partial charge in [-0.15, -0.1) is 0 Å². The molecule has 0 unspecified atom stereocenters. The number of carbonyl (C=O) groups is 1. The van der Waals surface area contributed by atoms with Crippen LogP contribution in [0.1, 0.15) is 18.4 Å². The van der Waals surface area contributed by atoms with Gasteiger partial charge in [-0.3, -0.25) is 4.79 Å². The van der Waals surface area contributed by atoms with Crippen LogP contribution >= 0.6 is 31.9 Å². The molecule has 1 heterocycles. The summed E-state index contributed by atoms with van der Waals surface area (Å²) in [5.41, 5.74) is 6.22. The first-order valence-corrected chi connectivity index (χ1v) is 9.51. The number of aryl methyl sites for hydroxylation is 1. The molecule has 2 rings (SSSR count). The average Bonchev–Trinajstić information content (AvgIpc) is 2.42. The molecular formula is C13H16Br2N2O3S. The van der Waals surface area contributed by atoms with Gasteiger partial charge in [-0.1, -0.05) is 15.9 Å². The molecule has 21 heavy (non-hydrogen) atoms. The Morgan fingerprint density at radius 3 is 2.33 bits per heavy atom. The summed E-state index contributed by atoms with van der Waals surface area (Å²) in [6, 6.07) is 3.38. The van der Waals surface area contributed by atoms with E-state index in [0.717, 1.165) is 10.0 Å². The normalized spacial score (nSPS) is 17.9. The van der Waals surface area contributed by atoms with Crippen LogP contribution in [-0.4, -0.2) is 31.7 Å². The van der Waals surface area contributed by atoms with Gasteiger partial charge < -0.3 is 5.73 Å². The van der Waals surface area contributed by atoms with Gasteiger partial charge in [0.05, 0.1) is 4.90 Å². The molecule has 1 amide bonds. The molecule has 0 saturated carbocycles. The molecule has 2 N–H and O–H groups in total. The summed E-state index contributed by atoms with van der Waals surface area (Å²) in [4.78, 5) is 11.4. The highest BCUT2D eigenvalue weighted by atomic mass is 79.9. The van der Waals surface area contributed by atoms with Crippen LogP contribution in [0, 0.1) is 12.8 Å². The first kappa shape index (κ1) is 16.9. The number of hydrogen-bond acceptors (Lipinski definition) is 3. The molecule has 1 fully saturated rings. The Balaban J connectivity index is 2.28. The van der Waals surface area contributed by atoms with E-state index in [0.29, 0.717) is 30.4 Å². The number of amides is 1. The Kier molecular flexibility index (Phi) is 5.12. The second-order valence-electron chi connectivity index (χ2n) is 5.11. The van der Waals surface area contributed by atoms with Crippen molar-refractivity contribution < 1.29 is 13.2 Å². The largest absolute Gasteiger partial charge is 0.369 e. The number of rotatable bonds is 3. The molecule has 0 spiro atoms. The van der Waals surface area contributed by atoms with Crippen LogP contribution in [0.15, 0.2) is 26.0 Å². The van der Waals surface area contributed by atoms with Crippen LogP contribution in [0.4, 0.5) is 0 Å². The fraction of sp³-hybridized carbons (Fsp3) is 0.462. The lowest BCUT2D eigenvalue weighted by Gasteiger charge is -2.30. The molecule has 1 aliphatic rings. The highest BCUT2D eigenvalue weighted by molar-refractivity contribution is 9.11. The molecule has 1 aliphatic heterocycles. The van der Waals surface area contributed by atoms with E-state index in [1.165, 1.54) is 4.31 Å². The monoisotopic (exact) mass is 438 g/mol. The maximum absolute atomic E-state index is 12.7. The summed E-state index contributed by atoms with van der Waals surface area (Å²) >= 11 is 6.68. The van der Waals surface area contributed by atoms with Crippen molar-refractivity contribution in [3.05, 3.63) is 26.6 Å².